The third-order valence-corrected chi connectivity index (χ3v) is 6.19. The number of benzene rings is 1. The summed E-state index contributed by atoms with van der Waals surface area (Å²) in [5, 5.41) is 17.9. The van der Waals surface area contributed by atoms with Crippen LogP contribution in [0.5, 0.6) is 0 Å². The van der Waals surface area contributed by atoms with E-state index in [2.05, 4.69) is 10.3 Å². The Bertz CT molecular complexity index is 1110. The molecule has 3 aromatic rings. The van der Waals surface area contributed by atoms with Crippen LogP contribution in [0.3, 0.4) is 0 Å². The highest BCUT2D eigenvalue weighted by Gasteiger charge is 2.26. The lowest BCUT2D eigenvalue weighted by Gasteiger charge is -2.23. The molecule has 3 N–H and O–H groups in total. The van der Waals surface area contributed by atoms with Crippen LogP contribution in [0.1, 0.15) is 60.5 Å². The number of hydrogen-bond acceptors (Lipinski definition) is 4. The summed E-state index contributed by atoms with van der Waals surface area (Å²) >= 11 is 0. The Morgan fingerprint density at radius 2 is 1.87 bits per heavy atom. The summed E-state index contributed by atoms with van der Waals surface area (Å²) in [4.78, 5) is 25.5. The zero-order valence-corrected chi connectivity index (χ0v) is 18.0. The summed E-state index contributed by atoms with van der Waals surface area (Å²) in [5.74, 6) is -0.786. The third-order valence-electron chi connectivity index (χ3n) is 6.19. The van der Waals surface area contributed by atoms with E-state index in [4.69, 9.17) is 10.2 Å². The van der Waals surface area contributed by atoms with Crippen molar-refractivity contribution in [3.63, 3.8) is 0 Å². The van der Waals surface area contributed by atoms with Gasteiger partial charge in [-0.15, -0.1) is 0 Å². The summed E-state index contributed by atoms with van der Waals surface area (Å²) in [6.07, 6.45) is 7.98. The van der Waals surface area contributed by atoms with Crippen LogP contribution in [0.25, 0.3) is 11.0 Å². The molecule has 1 aliphatic heterocycles. The van der Waals surface area contributed by atoms with Crippen molar-refractivity contribution in [2.45, 2.75) is 57.4 Å². The molecule has 2 aromatic heterocycles. The maximum Gasteiger partial charge on any atom is 0.307 e. The number of H-pyrrole nitrogens is 1. The number of piperidine rings is 1. The molecule has 164 valence electrons. The maximum absolute atomic E-state index is 12.3. The first-order valence-corrected chi connectivity index (χ1v) is 11.1. The molecule has 0 spiro atoms. The molecule has 7 heteroatoms. The number of pyridine rings is 1. The van der Waals surface area contributed by atoms with Crippen LogP contribution in [-0.4, -0.2) is 32.4 Å². The van der Waals surface area contributed by atoms with Crippen molar-refractivity contribution in [2.75, 3.05) is 6.54 Å². The van der Waals surface area contributed by atoms with Crippen LogP contribution >= 0.6 is 0 Å². The second-order valence-electron chi connectivity index (χ2n) is 8.41. The number of aromatic amines is 1. The topological polar surface area (TPSA) is 100 Å². The minimum absolute atomic E-state index is 0.0864. The molecule has 3 heterocycles. The van der Waals surface area contributed by atoms with Crippen molar-refractivity contribution in [2.24, 2.45) is 7.05 Å². The summed E-state index contributed by atoms with van der Waals surface area (Å²) in [7, 11) is 1.93. The van der Waals surface area contributed by atoms with Crippen LogP contribution in [0, 0.1) is 0 Å². The van der Waals surface area contributed by atoms with Gasteiger partial charge in [-0.25, -0.2) is 0 Å². The first-order chi connectivity index (χ1) is 15.0. The van der Waals surface area contributed by atoms with E-state index in [0.29, 0.717) is 6.04 Å². The number of nitrogens with one attached hydrogen (secondary N) is 2. The molecule has 1 fully saturated rings. The smallest absolute Gasteiger partial charge is 0.307 e. The molecular formula is C24H30N4O3. The predicted molar refractivity (Wildman–Crippen MR) is 120 cm³/mol. The van der Waals surface area contributed by atoms with Crippen molar-refractivity contribution in [3.05, 3.63) is 63.1 Å². The van der Waals surface area contributed by atoms with Gasteiger partial charge in [0, 0.05) is 18.0 Å². The summed E-state index contributed by atoms with van der Waals surface area (Å²) in [5.41, 5.74) is 5.22. The molecule has 31 heavy (non-hydrogen) atoms. The molecule has 1 saturated heterocycles. The third kappa shape index (κ3) is 4.71. The predicted octanol–water partition coefficient (Wildman–Crippen LogP) is 3.27. The molecule has 0 radical (unpaired) electrons. The average molecular weight is 423 g/mol. The molecule has 0 amide bonds. The fourth-order valence-corrected chi connectivity index (χ4v) is 4.70. The number of carbonyl (C=O) groups is 1. The van der Waals surface area contributed by atoms with Crippen LogP contribution in [0.4, 0.5) is 0 Å². The van der Waals surface area contributed by atoms with E-state index in [1.165, 1.54) is 30.2 Å². The lowest BCUT2D eigenvalue weighted by atomic mass is 9.89. The lowest BCUT2D eigenvalue weighted by molar-refractivity contribution is -0.136. The van der Waals surface area contributed by atoms with Crippen molar-refractivity contribution in [1.82, 2.24) is 20.1 Å². The summed E-state index contributed by atoms with van der Waals surface area (Å²) in [6.45, 7) is 1.06. The van der Waals surface area contributed by atoms with E-state index >= 15 is 0 Å². The number of nitrogens with zero attached hydrogens (tertiary/aromatic N) is 2. The van der Waals surface area contributed by atoms with Crippen molar-refractivity contribution < 1.29 is 9.90 Å². The number of aromatic nitrogens is 3. The molecule has 5 rings (SSSR count). The highest BCUT2D eigenvalue weighted by atomic mass is 16.4. The molecule has 7 nitrogen and oxygen atoms in total. The monoisotopic (exact) mass is 422 g/mol. The summed E-state index contributed by atoms with van der Waals surface area (Å²) < 4.78 is 1.84. The van der Waals surface area contributed by atoms with Gasteiger partial charge in [-0.2, -0.15) is 5.10 Å². The number of rotatable bonds is 3. The average Bonchev–Trinajstić information content (AvgIpc) is 3.12. The Labute approximate surface area is 181 Å². The highest BCUT2D eigenvalue weighted by Crippen LogP contribution is 2.33. The molecule has 1 atom stereocenters. The van der Waals surface area contributed by atoms with Gasteiger partial charge in [-0.3, -0.25) is 14.3 Å². The van der Waals surface area contributed by atoms with Gasteiger partial charge in [-0.05, 0) is 56.2 Å². The van der Waals surface area contributed by atoms with E-state index in [1.54, 1.807) is 12.1 Å². The van der Waals surface area contributed by atoms with Crippen molar-refractivity contribution >= 4 is 17.0 Å². The number of hydrogen-bond donors (Lipinski definition) is 3. The van der Waals surface area contributed by atoms with E-state index < -0.39 is 5.97 Å². The lowest BCUT2D eigenvalue weighted by Crippen LogP contribution is -2.27. The zero-order valence-electron chi connectivity index (χ0n) is 18.0. The quantitative estimate of drug-likeness (QED) is 0.602. The maximum atomic E-state index is 12.3. The van der Waals surface area contributed by atoms with Crippen LogP contribution in [0.15, 0.2) is 35.1 Å². The molecule has 2 aliphatic rings. The number of carboxylic acids is 1. The van der Waals surface area contributed by atoms with Gasteiger partial charge in [0.25, 0.3) is 5.56 Å². The van der Waals surface area contributed by atoms with Gasteiger partial charge in [0.1, 0.15) is 5.65 Å². The zero-order chi connectivity index (χ0) is 21.8. The number of aryl methyl sites for hydroxylation is 2. The Morgan fingerprint density at radius 3 is 2.55 bits per heavy atom. The molecular weight excluding hydrogens is 392 g/mol. The van der Waals surface area contributed by atoms with Gasteiger partial charge in [-0.1, -0.05) is 36.8 Å². The second-order valence-corrected chi connectivity index (χ2v) is 8.41. The Kier molecular flexibility index (Phi) is 6.51. The molecule has 1 aromatic carbocycles. The molecule has 0 bridgehead atoms. The standard InChI is InChI=1S/C16H22N4O.C8H8O2/c1-20-15-13(14(19-20)12-8-4-5-9-17-12)10-6-2-3-7-11(10)16(21)18-15;9-8(10)6-7-4-2-1-3-5-7/h12,17H,2-9H2,1H3,(H,18,21);1-5H,6H2,(H,9,10). The molecule has 1 aliphatic carbocycles. The SMILES string of the molecule is Cn1nc(C2CCCCN2)c2c3c(c(=O)[nH]c21)CCCC3.O=C(O)Cc1ccccc1. The van der Waals surface area contributed by atoms with E-state index in [0.717, 1.165) is 54.7 Å². The number of aliphatic carboxylic acids is 1. The minimum Gasteiger partial charge on any atom is -0.481 e. The number of fused-ring (bicyclic) bond motifs is 3. The van der Waals surface area contributed by atoms with Gasteiger partial charge in [0.2, 0.25) is 0 Å². The van der Waals surface area contributed by atoms with E-state index in [9.17, 15) is 9.59 Å². The Balaban J connectivity index is 0.000000196. The Morgan fingerprint density at radius 1 is 1.13 bits per heavy atom. The number of carboxylic acid groups (broad SMARTS) is 1. The van der Waals surface area contributed by atoms with Crippen LogP contribution in [-0.2, 0) is 31.1 Å². The van der Waals surface area contributed by atoms with E-state index in [-0.39, 0.29) is 12.0 Å². The minimum atomic E-state index is -0.786. The highest BCUT2D eigenvalue weighted by molar-refractivity contribution is 5.84. The fraction of sp³-hybridized carbons (Fsp3) is 0.458. The van der Waals surface area contributed by atoms with E-state index in [1.807, 2.05) is 29.9 Å². The summed E-state index contributed by atoms with van der Waals surface area (Å²) in [6, 6.07) is 9.46. The van der Waals surface area contributed by atoms with Gasteiger partial charge < -0.3 is 15.4 Å². The second kappa shape index (κ2) is 9.47. The first-order valence-electron chi connectivity index (χ1n) is 11.1. The van der Waals surface area contributed by atoms with Gasteiger partial charge in [0.15, 0.2) is 0 Å². The van der Waals surface area contributed by atoms with Gasteiger partial charge >= 0.3 is 5.97 Å². The molecule has 0 saturated carbocycles. The largest absolute Gasteiger partial charge is 0.481 e. The fourth-order valence-electron chi connectivity index (χ4n) is 4.70. The molecule has 1 unspecified atom stereocenters. The van der Waals surface area contributed by atoms with Crippen LogP contribution < -0.4 is 10.9 Å². The normalized spacial score (nSPS) is 18.2. The van der Waals surface area contributed by atoms with Gasteiger partial charge in [0.05, 0.1) is 18.2 Å². The van der Waals surface area contributed by atoms with Crippen molar-refractivity contribution in [3.8, 4) is 0 Å². The first kappa shape index (κ1) is 21.3. The van der Waals surface area contributed by atoms with Crippen LogP contribution in [0.2, 0.25) is 0 Å². The van der Waals surface area contributed by atoms with Crippen molar-refractivity contribution in [1.29, 1.82) is 0 Å². The Hall–Kier alpha value is -2.93.